The van der Waals surface area contributed by atoms with E-state index in [1.165, 1.54) is 6.07 Å². The van der Waals surface area contributed by atoms with Gasteiger partial charge in [-0.05, 0) is 12.1 Å². The average Bonchev–Trinajstić information content (AvgIpc) is 2.25. The molecular weight excluding hydrogens is 194 g/mol. The summed E-state index contributed by atoms with van der Waals surface area (Å²) in [6, 6.07) is 6.63. The molecule has 1 aromatic carbocycles. The zero-order valence-electron chi connectivity index (χ0n) is 7.93. The molecule has 0 atom stereocenters. The van der Waals surface area contributed by atoms with E-state index in [0.29, 0.717) is 29.8 Å². The van der Waals surface area contributed by atoms with Crippen molar-refractivity contribution in [1.29, 1.82) is 0 Å². The molecule has 0 unspecified atom stereocenters. The molecule has 1 aliphatic heterocycles. The average molecular weight is 203 g/mol. The summed E-state index contributed by atoms with van der Waals surface area (Å²) < 4.78 is 7.07. The fourth-order valence-electron chi connectivity index (χ4n) is 1.98. The summed E-state index contributed by atoms with van der Waals surface area (Å²) in [5.41, 5.74) is 0.504. The van der Waals surface area contributed by atoms with Gasteiger partial charge < -0.3 is 14.4 Å². The van der Waals surface area contributed by atoms with Crippen molar-refractivity contribution in [3.8, 4) is 11.5 Å². The smallest absolute Gasteiger partial charge is 0.254 e. The van der Waals surface area contributed by atoms with Crippen LogP contribution in [-0.2, 0) is 6.54 Å². The van der Waals surface area contributed by atoms with Gasteiger partial charge in [-0.1, -0.05) is 6.07 Å². The van der Waals surface area contributed by atoms with Gasteiger partial charge >= 0.3 is 0 Å². The Kier molecular flexibility index (Phi) is 1.54. The van der Waals surface area contributed by atoms with E-state index < -0.39 is 0 Å². The van der Waals surface area contributed by atoms with Crippen LogP contribution in [0.4, 0.5) is 0 Å². The van der Waals surface area contributed by atoms with Gasteiger partial charge in [0.1, 0.15) is 18.1 Å². The number of rotatable bonds is 0. The van der Waals surface area contributed by atoms with Crippen LogP contribution in [0.25, 0.3) is 10.9 Å². The van der Waals surface area contributed by atoms with Crippen LogP contribution >= 0.6 is 0 Å². The predicted octanol–water partition coefficient (Wildman–Crippen LogP) is 1.10. The first-order valence-electron chi connectivity index (χ1n) is 4.76. The Hall–Kier alpha value is -1.97. The van der Waals surface area contributed by atoms with E-state index in [1.807, 2.05) is 0 Å². The lowest BCUT2D eigenvalue weighted by atomic mass is 10.1. The Balaban J connectivity index is 2.59. The highest BCUT2D eigenvalue weighted by molar-refractivity contribution is 5.90. The van der Waals surface area contributed by atoms with E-state index in [4.69, 9.17) is 4.74 Å². The van der Waals surface area contributed by atoms with E-state index in [2.05, 4.69) is 0 Å². The summed E-state index contributed by atoms with van der Waals surface area (Å²) >= 11 is 0. The zero-order valence-corrected chi connectivity index (χ0v) is 7.93. The van der Waals surface area contributed by atoms with Crippen LogP contribution in [0.2, 0.25) is 0 Å². The van der Waals surface area contributed by atoms with Crippen molar-refractivity contribution in [1.82, 2.24) is 4.57 Å². The van der Waals surface area contributed by atoms with Gasteiger partial charge in [0.25, 0.3) is 5.56 Å². The van der Waals surface area contributed by atoms with Gasteiger partial charge in [-0.2, -0.15) is 0 Å². The molecule has 4 nitrogen and oxygen atoms in total. The van der Waals surface area contributed by atoms with E-state index in [0.717, 1.165) is 0 Å². The molecule has 3 rings (SSSR count). The lowest BCUT2D eigenvalue weighted by Crippen LogP contribution is -2.26. The molecule has 0 spiro atoms. The van der Waals surface area contributed by atoms with Crippen LogP contribution in [0.1, 0.15) is 0 Å². The second-order valence-electron chi connectivity index (χ2n) is 3.52. The van der Waals surface area contributed by atoms with Gasteiger partial charge in [0, 0.05) is 11.5 Å². The fraction of sp³-hybridized carbons (Fsp3) is 0.182. The highest BCUT2D eigenvalue weighted by Crippen LogP contribution is 2.31. The molecule has 0 amide bonds. The standard InChI is InChI=1S/C11H9NO3/c13-8-6-10(14)12-4-5-15-9-3-1-2-7(8)11(9)12/h1-3,6,13H,4-5H2. The molecule has 1 aromatic heterocycles. The van der Waals surface area contributed by atoms with E-state index in [-0.39, 0.29) is 11.3 Å². The number of aromatic nitrogens is 1. The third-order valence-corrected chi connectivity index (χ3v) is 2.64. The van der Waals surface area contributed by atoms with Crippen LogP contribution in [0.15, 0.2) is 29.1 Å². The lowest BCUT2D eigenvalue weighted by molar-refractivity contribution is 0.283. The maximum atomic E-state index is 11.6. The van der Waals surface area contributed by atoms with Crippen LogP contribution in [-0.4, -0.2) is 16.3 Å². The Morgan fingerprint density at radius 1 is 1.40 bits per heavy atom. The van der Waals surface area contributed by atoms with E-state index >= 15 is 0 Å². The highest BCUT2D eigenvalue weighted by Gasteiger charge is 2.16. The summed E-state index contributed by atoms with van der Waals surface area (Å²) in [7, 11) is 0. The molecule has 4 heteroatoms. The first-order valence-corrected chi connectivity index (χ1v) is 4.76. The summed E-state index contributed by atoms with van der Waals surface area (Å²) in [5, 5.41) is 10.3. The van der Waals surface area contributed by atoms with Crippen molar-refractivity contribution in [2.45, 2.75) is 6.54 Å². The number of benzene rings is 1. The van der Waals surface area contributed by atoms with Crippen LogP contribution in [0.5, 0.6) is 11.5 Å². The van der Waals surface area contributed by atoms with Crippen molar-refractivity contribution in [3.05, 3.63) is 34.6 Å². The highest BCUT2D eigenvalue weighted by atomic mass is 16.5. The van der Waals surface area contributed by atoms with Crippen LogP contribution < -0.4 is 10.3 Å². The molecule has 76 valence electrons. The molecule has 2 aromatic rings. The predicted molar refractivity (Wildman–Crippen MR) is 55.4 cm³/mol. The van der Waals surface area contributed by atoms with E-state index in [9.17, 15) is 9.90 Å². The van der Waals surface area contributed by atoms with Gasteiger partial charge in [0.05, 0.1) is 12.1 Å². The number of pyridine rings is 1. The minimum Gasteiger partial charge on any atom is -0.507 e. The monoisotopic (exact) mass is 203 g/mol. The van der Waals surface area contributed by atoms with Gasteiger partial charge in [-0.25, -0.2) is 0 Å². The number of ether oxygens (including phenoxy) is 1. The molecule has 0 saturated carbocycles. The topological polar surface area (TPSA) is 51.5 Å². The molecule has 1 aliphatic rings. The quantitative estimate of drug-likeness (QED) is 0.697. The first-order chi connectivity index (χ1) is 7.27. The second kappa shape index (κ2) is 2.76. The van der Waals surface area contributed by atoms with Crippen LogP contribution in [0.3, 0.4) is 0 Å². The molecule has 0 radical (unpaired) electrons. The van der Waals surface area contributed by atoms with Crippen molar-refractivity contribution < 1.29 is 9.84 Å². The Bertz CT molecular complexity index is 601. The Morgan fingerprint density at radius 2 is 2.27 bits per heavy atom. The summed E-state index contributed by atoms with van der Waals surface area (Å²) in [6.45, 7) is 1.03. The minimum atomic E-state index is -0.184. The van der Waals surface area contributed by atoms with Gasteiger partial charge in [-0.3, -0.25) is 4.79 Å². The molecule has 1 N–H and O–H groups in total. The molecule has 15 heavy (non-hydrogen) atoms. The maximum absolute atomic E-state index is 11.6. The Morgan fingerprint density at radius 3 is 3.13 bits per heavy atom. The maximum Gasteiger partial charge on any atom is 0.254 e. The fourth-order valence-corrected chi connectivity index (χ4v) is 1.98. The summed E-state index contributed by atoms with van der Waals surface area (Å²) in [4.78, 5) is 11.6. The van der Waals surface area contributed by atoms with Gasteiger partial charge in [-0.15, -0.1) is 0 Å². The lowest BCUT2D eigenvalue weighted by Gasteiger charge is -2.20. The number of para-hydroxylation sites is 1. The Labute approximate surface area is 85.3 Å². The number of aromatic hydroxyl groups is 1. The molecule has 0 fully saturated rings. The zero-order chi connectivity index (χ0) is 10.4. The van der Waals surface area contributed by atoms with Crippen molar-refractivity contribution >= 4 is 10.9 Å². The summed E-state index contributed by atoms with van der Waals surface area (Å²) in [5.74, 6) is 0.672. The van der Waals surface area contributed by atoms with Crippen LogP contribution in [0, 0.1) is 0 Å². The molecular formula is C11H9NO3. The normalized spacial score (nSPS) is 13.9. The van der Waals surface area contributed by atoms with Crippen molar-refractivity contribution in [3.63, 3.8) is 0 Å². The SMILES string of the molecule is O=c1cc(O)c2cccc3c2n1CCO3. The van der Waals surface area contributed by atoms with Crippen molar-refractivity contribution in [2.75, 3.05) is 6.61 Å². The molecule has 0 saturated heterocycles. The van der Waals surface area contributed by atoms with Gasteiger partial charge in [0.15, 0.2) is 0 Å². The number of hydrogen-bond donors (Lipinski definition) is 1. The molecule has 2 heterocycles. The number of nitrogens with zero attached hydrogens (tertiary/aromatic N) is 1. The summed E-state index contributed by atoms with van der Waals surface area (Å²) in [6.07, 6.45) is 0. The molecule has 0 bridgehead atoms. The minimum absolute atomic E-state index is 0.0126. The third-order valence-electron chi connectivity index (χ3n) is 2.64. The first kappa shape index (κ1) is 8.35. The molecule has 0 aliphatic carbocycles. The van der Waals surface area contributed by atoms with Gasteiger partial charge in [0.2, 0.25) is 0 Å². The third kappa shape index (κ3) is 1.05. The number of hydrogen-bond acceptors (Lipinski definition) is 3. The van der Waals surface area contributed by atoms with Crippen molar-refractivity contribution in [2.24, 2.45) is 0 Å². The largest absolute Gasteiger partial charge is 0.507 e. The second-order valence-corrected chi connectivity index (χ2v) is 3.52. The van der Waals surface area contributed by atoms with E-state index in [1.54, 1.807) is 22.8 Å².